The first-order chi connectivity index (χ1) is 11.4. The fourth-order valence-electron chi connectivity index (χ4n) is 3.08. The van der Waals surface area contributed by atoms with Gasteiger partial charge in [0.1, 0.15) is 0 Å². The Hall–Kier alpha value is -1.73. The first-order valence-corrected chi connectivity index (χ1v) is 8.40. The van der Waals surface area contributed by atoms with E-state index >= 15 is 0 Å². The van der Waals surface area contributed by atoms with Gasteiger partial charge < -0.3 is 14.8 Å². The summed E-state index contributed by atoms with van der Waals surface area (Å²) in [6.45, 7) is 4.45. The Kier molecular flexibility index (Phi) is 6.51. The molecular formula is C16H26F3N5. The molecule has 136 valence electrons. The van der Waals surface area contributed by atoms with Crippen LogP contribution in [0.4, 0.5) is 13.2 Å². The summed E-state index contributed by atoms with van der Waals surface area (Å²) in [6.07, 6.45) is 2.45. The van der Waals surface area contributed by atoms with Gasteiger partial charge in [-0.1, -0.05) is 6.92 Å². The molecule has 2 atom stereocenters. The molecule has 1 aromatic heterocycles. The lowest BCUT2D eigenvalue weighted by molar-refractivity contribution is -0.135. The number of nitrogens with one attached hydrogen (secondary N) is 1. The van der Waals surface area contributed by atoms with Gasteiger partial charge in [0.05, 0.1) is 12.4 Å². The number of guanidine groups is 1. The van der Waals surface area contributed by atoms with Crippen molar-refractivity contribution in [2.24, 2.45) is 10.9 Å². The zero-order chi connectivity index (χ0) is 17.6. The van der Waals surface area contributed by atoms with Crippen LogP contribution >= 0.6 is 0 Å². The summed E-state index contributed by atoms with van der Waals surface area (Å²) >= 11 is 0. The molecule has 0 aliphatic carbocycles. The predicted molar refractivity (Wildman–Crippen MR) is 87.9 cm³/mol. The molecule has 1 fully saturated rings. The molecule has 2 rings (SSSR count). The van der Waals surface area contributed by atoms with Crippen LogP contribution in [0.1, 0.15) is 38.6 Å². The smallest absolute Gasteiger partial charge is 0.356 e. The highest BCUT2D eigenvalue weighted by Crippen LogP contribution is 2.27. The van der Waals surface area contributed by atoms with Crippen molar-refractivity contribution >= 4 is 5.96 Å². The van der Waals surface area contributed by atoms with Gasteiger partial charge in [-0.2, -0.15) is 13.2 Å². The number of imidazole rings is 1. The molecule has 1 aromatic rings. The van der Waals surface area contributed by atoms with E-state index < -0.39 is 12.6 Å². The zero-order valence-electron chi connectivity index (χ0n) is 14.3. The number of aromatic nitrogens is 2. The number of rotatable bonds is 5. The van der Waals surface area contributed by atoms with E-state index in [2.05, 4.69) is 31.7 Å². The third-order valence-electron chi connectivity index (χ3n) is 4.51. The predicted octanol–water partition coefficient (Wildman–Crippen LogP) is 3.07. The van der Waals surface area contributed by atoms with Gasteiger partial charge in [0.2, 0.25) is 0 Å². The second kappa shape index (κ2) is 8.39. The minimum absolute atomic E-state index is 0.141. The van der Waals surface area contributed by atoms with Crippen molar-refractivity contribution in [2.45, 2.75) is 44.8 Å². The molecule has 1 aliphatic rings. The van der Waals surface area contributed by atoms with Gasteiger partial charge in [-0.3, -0.25) is 4.99 Å². The van der Waals surface area contributed by atoms with Crippen molar-refractivity contribution in [3.05, 3.63) is 18.7 Å². The third kappa shape index (κ3) is 5.42. The monoisotopic (exact) mass is 345 g/mol. The van der Waals surface area contributed by atoms with E-state index in [1.807, 2.05) is 12.5 Å². The summed E-state index contributed by atoms with van der Waals surface area (Å²) < 4.78 is 38.6. The lowest BCUT2D eigenvalue weighted by Gasteiger charge is -2.39. The maximum absolute atomic E-state index is 12.2. The van der Waals surface area contributed by atoms with Gasteiger partial charge in [0.15, 0.2) is 5.96 Å². The second-order valence-corrected chi connectivity index (χ2v) is 6.34. The van der Waals surface area contributed by atoms with Gasteiger partial charge in [-0.15, -0.1) is 0 Å². The number of nitrogens with zero attached hydrogens (tertiary/aromatic N) is 4. The number of hydrogen-bond donors (Lipinski definition) is 1. The molecule has 5 nitrogen and oxygen atoms in total. The molecule has 0 aromatic carbocycles. The molecule has 2 heterocycles. The first kappa shape index (κ1) is 18.6. The largest absolute Gasteiger partial charge is 0.389 e. The Balaban J connectivity index is 1.82. The van der Waals surface area contributed by atoms with Crippen LogP contribution in [0.25, 0.3) is 0 Å². The molecule has 0 saturated carbocycles. The molecule has 8 heteroatoms. The summed E-state index contributed by atoms with van der Waals surface area (Å²) in [5, 5.41) is 3.19. The molecule has 1 N–H and O–H groups in total. The van der Waals surface area contributed by atoms with Gasteiger partial charge in [-0.05, 0) is 25.2 Å². The van der Waals surface area contributed by atoms with Crippen molar-refractivity contribution in [3.8, 4) is 0 Å². The van der Waals surface area contributed by atoms with Crippen LogP contribution in [0.5, 0.6) is 0 Å². The van der Waals surface area contributed by atoms with Crippen molar-refractivity contribution in [1.82, 2.24) is 19.8 Å². The van der Waals surface area contributed by atoms with E-state index in [-0.39, 0.29) is 6.42 Å². The fraction of sp³-hybridized carbons (Fsp3) is 0.750. The third-order valence-corrected chi connectivity index (χ3v) is 4.51. The summed E-state index contributed by atoms with van der Waals surface area (Å²) in [5.74, 6) is 1.30. The molecule has 1 saturated heterocycles. The van der Waals surface area contributed by atoms with Crippen LogP contribution < -0.4 is 5.32 Å². The normalized spacial score (nSPS) is 22.7. The van der Waals surface area contributed by atoms with E-state index in [4.69, 9.17) is 0 Å². The highest BCUT2D eigenvalue weighted by atomic mass is 19.4. The van der Waals surface area contributed by atoms with E-state index in [1.165, 1.54) is 0 Å². The SMILES string of the molecule is CN=C(NCCCCC(F)(F)F)N1CCC(C)C(n2ccnc2)C1. The minimum atomic E-state index is -4.07. The average Bonchev–Trinajstić information content (AvgIpc) is 3.05. The summed E-state index contributed by atoms with van der Waals surface area (Å²) in [7, 11) is 1.71. The maximum atomic E-state index is 12.2. The maximum Gasteiger partial charge on any atom is 0.389 e. The molecule has 24 heavy (non-hydrogen) atoms. The summed E-state index contributed by atoms with van der Waals surface area (Å²) in [4.78, 5) is 10.6. The van der Waals surface area contributed by atoms with E-state index in [0.717, 1.165) is 25.5 Å². The van der Waals surface area contributed by atoms with Gasteiger partial charge in [-0.25, -0.2) is 4.98 Å². The Bertz CT molecular complexity index is 512. The minimum Gasteiger partial charge on any atom is -0.356 e. The number of hydrogen-bond acceptors (Lipinski definition) is 2. The van der Waals surface area contributed by atoms with Crippen LogP contribution in [0.3, 0.4) is 0 Å². The van der Waals surface area contributed by atoms with Gasteiger partial charge in [0.25, 0.3) is 0 Å². The summed E-state index contributed by atoms with van der Waals surface area (Å²) in [6, 6.07) is 0.324. The number of unbranched alkanes of at least 4 members (excludes halogenated alkanes) is 1. The molecule has 0 bridgehead atoms. The lowest BCUT2D eigenvalue weighted by atomic mass is 9.93. The van der Waals surface area contributed by atoms with Crippen molar-refractivity contribution < 1.29 is 13.2 Å². The van der Waals surface area contributed by atoms with Crippen LogP contribution in [0, 0.1) is 5.92 Å². The number of halogens is 3. The van der Waals surface area contributed by atoms with Crippen molar-refractivity contribution in [3.63, 3.8) is 0 Å². The molecule has 0 amide bonds. The van der Waals surface area contributed by atoms with Gasteiger partial charge >= 0.3 is 6.18 Å². The van der Waals surface area contributed by atoms with E-state index in [1.54, 1.807) is 13.2 Å². The standard InChI is InChI=1S/C16H26F3N5/c1-13-5-9-23(11-14(13)24-10-8-21-12-24)15(20-2)22-7-4-3-6-16(17,18)19/h8,10,12-14H,3-7,9,11H2,1-2H3,(H,20,22). The molecule has 0 spiro atoms. The Morgan fingerprint density at radius 3 is 2.79 bits per heavy atom. The van der Waals surface area contributed by atoms with E-state index in [9.17, 15) is 13.2 Å². The quantitative estimate of drug-likeness (QED) is 0.507. The Morgan fingerprint density at radius 1 is 1.38 bits per heavy atom. The summed E-state index contributed by atoms with van der Waals surface area (Å²) in [5.41, 5.74) is 0. The van der Waals surface area contributed by atoms with Gasteiger partial charge in [0, 0.05) is 45.5 Å². The van der Waals surface area contributed by atoms with E-state index in [0.29, 0.717) is 24.9 Å². The molecular weight excluding hydrogens is 319 g/mol. The van der Waals surface area contributed by atoms with Crippen LogP contribution in [-0.2, 0) is 0 Å². The zero-order valence-corrected chi connectivity index (χ0v) is 14.3. The first-order valence-electron chi connectivity index (χ1n) is 8.40. The molecule has 2 unspecified atom stereocenters. The Labute approximate surface area is 141 Å². The van der Waals surface area contributed by atoms with Crippen LogP contribution in [-0.4, -0.2) is 53.3 Å². The Morgan fingerprint density at radius 2 is 2.17 bits per heavy atom. The fourth-order valence-corrected chi connectivity index (χ4v) is 3.08. The number of aliphatic imine (C=N–C) groups is 1. The molecule has 1 aliphatic heterocycles. The average molecular weight is 345 g/mol. The lowest BCUT2D eigenvalue weighted by Crippen LogP contribution is -2.49. The highest BCUT2D eigenvalue weighted by molar-refractivity contribution is 5.80. The number of alkyl halides is 3. The second-order valence-electron chi connectivity index (χ2n) is 6.34. The topological polar surface area (TPSA) is 45.5 Å². The number of piperidine rings is 1. The highest BCUT2D eigenvalue weighted by Gasteiger charge is 2.29. The van der Waals surface area contributed by atoms with Crippen molar-refractivity contribution in [2.75, 3.05) is 26.7 Å². The van der Waals surface area contributed by atoms with Crippen molar-refractivity contribution in [1.29, 1.82) is 0 Å². The number of likely N-dealkylation sites (tertiary alicyclic amines) is 1. The van der Waals surface area contributed by atoms with Crippen LogP contribution in [0.2, 0.25) is 0 Å². The molecule has 0 radical (unpaired) electrons. The van der Waals surface area contributed by atoms with Crippen LogP contribution in [0.15, 0.2) is 23.7 Å².